The van der Waals surface area contributed by atoms with E-state index in [2.05, 4.69) is 5.32 Å². The average Bonchev–Trinajstić information content (AvgIpc) is 2.93. The molecule has 2 unspecified atom stereocenters. The number of nitrogens with zero attached hydrogens (tertiary/aromatic N) is 2. The van der Waals surface area contributed by atoms with Crippen LogP contribution in [0.4, 0.5) is 4.79 Å². The Bertz CT molecular complexity index is 673. The van der Waals surface area contributed by atoms with Gasteiger partial charge in [-0.2, -0.15) is 0 Å². The number of urea groups is 1. The van der Waals surface area contributed by atoms with Gasteiger partial charge in [0.25, 0.3) is 5.91 Å². The van der Waals surface area contributed by atoms with Gasteiger partial charge in [-0.05, 0) is 43.9 Å². The van der Waals surface area contributed by atoms with Crippen LogP contribution in [0.1, 0.15) is 42.1 Å². The molecule has 1 aromatic carbocycles. The van der Waals surface area contributed by atoms with Crippen molar-refractivity contribution >= 4 is 17.8 Å². The Morgan fingerprint density at radius 2 is 2.16 bits per heavy atom. The van der Waals surface area contributed by atoms with Crippen LogP contribution >= 0.6 is 0 Å². The molecule has 2 aliphatic heterocycles. The van der Waals surface area contributed by atoms with E-state index in [0.29, 0.717) is 12.1 Å². The number of hydrogen-bond acceptors (Lipinski definition) is 4. The van der Waals surface area contributed by atoms with Gasteiger partial charge < -0.3 is 16.0 Å². The number of nitrogens with two attached hydrogens (primary N) is 1. The van der Waals surface area contributed by atoms with Crippen molar-refractivity contribution in [1.29, 1.82) is 0 Å². The summed E-state index contributed by atoms with van der Waals surface area (Å²) in [6.07, 6.45) is 2.99. The summed E-state index contributed by atoms with van der Waals surface area (Å²) in [4.78, 5) is 39.4. The van der Waals surface area contributed by atoms with E-state index in [1.165, 1.54) is 0 Å². The topological polar surface area (TPSA) is 95.7 Å². The lowest BCUT2D eigenvalue weighted by Gasteiger charge is -2.38. The molecule has 3 rings (SSSR count). The van der Waals surface area contributed by atoms with E-state index < -0.39 is 6.03 Å². The summed E-state index contributed by atoms with van der Waals surface area (Å²) in [5.41, 5.74) is 7.38. The van der Waals surface area contributed by atoms with Crippen LogP contribution in [-0.4, -0.2) is 52.8 Å². The van der Waals surface area contributed by atoms with Crippen LogP contribution in [0.3, 0.4) is 0 Å². The molecule has 7 nitrogen and oxygen atoms in total. The van der Waals surface area contributed by atoms with Crippen molar-refractivity contribution in [3.8, 4) is 0 Å². The van der Waals surface area contributed by atoms with E-state index in [1.54, 1.807) is 18.2 Å². The van der Waals surface area contributed by atoms with E-state index in [1.807, 2.05) is 17.9 Å². The molecule has 1 aromatic rings. The predicted octanol–water partition coefficient (Wildman–Crippen LogP) is 1.08. The number of carbonyl (C=O) groups is 3. The van der Waals surface area contributed by atoms with E-state index in [0.717, 1.165) is 29.7 Å². The van der Waals surface area contributed by atoms with Gasteiger partial charge in [-0.25, -0.2) is 4.79 Å². The van der Waals surface area contributed by atoms with Crippen LogP contribution in [0.15, 0.2) is 24.3 Å². The van der Waals surface area contributed by atoms with E-state index in [-0.39, 0.29) is 37.0 Å². The highest BCUT2D eigenvalue weighted by Crippen LogP contribution is 2.22. The van der Waals surface area contributed by atoms with Crippen LogP contribution in [-0.2, 0) is 11.3 Å². The van der Waals surface area contributed by atoms with Crippen molar-refractivity contribution in [3.63, 3.8) is 0 Å². The molecule has 0 aromatic heterocycles. The molecule has 0 bridgehead atoms. The molecule has 0 aliphatic carbocycles. The number of carbonyl (C=O) groups excluding carboxylic acids is 3. The smallest absolute Gasteiger partial charge is 0.324 e. The summed E-state index contributed by atoms with van der Waals surface area (Å²) in [5.74, 6) is -0.296. The van der Waals surface area contributed by atoms with Crippen LogP contribution in [0.2, 0.25) is 0 Å². The molecule has 3 N–H and O–H groups in total. The van der Waals surface area contributed by atoms with Gasteiger partial charge >= 0.3 is 6.03 Å². The normalized spacial score (nSPS) is 22.1. The fourth-order valence-electron chi connectivity index (χ4n) is 3.52. The van der Waals surface area contributed by atoms with Gasteiger partial charge in [0.2, 0.25) is 5.91 Å². The minimum atomic E-state index is -0.394. The highest BCUT2D eigenvalue weighted by atomic mass is 16.2. The highest BCUT2D eigenvalue weighted by molar-refractivity contribution is 6.02. The summed E-state index contributed by atoms with van der Waals surface area (Å²) < 4.78 is 0. The van der Waals surface area contributed by atoms with Crippen molar-refractivity contribution in [1.82, 2.24) is 15.1 Å². The molecular formula is C18H24N4O3. The zero-order valence-electron chi connectivity index (χ0n) is 14.4. The largest absolute Gasteiger partial charge is 0.334 e. The lowest BCUT2D eigenvalue weighted by Crippen LogP contribution is -2.51. The first-order valence-corrected chi connectivity index (χ1v) is 8.71. The Labute approximate surface area is 147 Å². The number of rotatable bonds is 4. The zero-order valence-corrected chi connectivity index (χ0v) is 14.4. The second-order valence-electron chi connectivity index (χ2n) is 6.76. The minimum Gasteiger partial charge on any atom is -0.334 e. The Morgan fingerprint density at radius 3 is 2.84 bits per heavy atom. The molecule has 2 atom stereocenters. The van der Waals surface area contributed by atoms with Gasteiger partial charge in [0.15, 0.2) is 0 Å². The molecule has 0 spiro atoms. The Hall–Kier alpha value is -2.41. The lowest BCUT2D eigenvalue weighted by atomic mass is 9.95. The second-order valence-corrected chi connectivity index (χ2v) is 6.76. The van der Waals surface area contributed by atoms with Gasteiger partial charge in [0.1, 0.15) is 0 Å². The standard InChI is InChI=1S/C18H24N4O3/c1-12(19)15-7-2-3-8-21(15)17(24)14-6-4-5-13(9-14)11-22-16(23)10-20-18(22)25/h4-6,9,12,15H,2-3,7-8,10-11,19H2,1H3,(H,20,25). The third-order valence-corrected chi connectivity index (χ3v) is 4.87. The number of hydrogen-bond donors (Lipinski definition) is 2. The van der Waals surface area contributed by atoms with Gasteiger partial charge in [0.05, 0.1) is 13.1 Å². The SMILES string of the molecule is CC(N)C1CCCCN1C(=O)c1cccc(CN2C(=O)CNC2=O)c1. The molecular weight excluding hydrogens is 320 g/mol. The summed E-state index contributed by atoms with van der Waals surface area (Å²) >= 11 is 0. The van der Waals surface area contributed by atoms with E-state index in [4.69, 9.17) is 5.73 Å². The molecule has 0 radical (unpaired) electrons. The predicted molar refractivity (Wildman–Crippen MR) is 92.7 cm³/mol. The first-order chi connectivity index (χ1) is 12.0. The summed E-state index contributed by atoms with van der Waals surface area (Å²) in [6, 6.07) is 6.71. The average molecular weight is 344 g/mol. The number of benzene rings is 1. The van der Waals surface area contributed by atoms with E-state index >= 15 is 0 Å². The zero-order chi connectivity index (χ0) is 18.0. The fourth-order valence-corrected chi connectivity index (χ4v) is 3.52. The molecule has 4 amide bonds. The molecule has 2 fully saturated rings. The Balaban J connectivity index is 1.77. The van der Waals surface area contributed by atoms with Gasteiger partial charge in [-0.3, -0.25) is 14.5 Å². The van der Waals surface area contributed by atoms with Crippen molar-refractivity contribution in [2.24, 2.45) is 5.73 Å². The van der Waals surface area contributed by atoms with Crippen LogP contribution in [0.25, 0.3) is 0 Å². The molecule has 25 heavy (non-hydrogen) atoms. The monoisotopic (exact) mass is 344 g/mol. The molecule has 0 saturated carbocycles. The molecule has 134 valence electrons. The molecule has 2 aliphatic rings. The first kappa shape index (κ1) is 17.4. The van der Waals surface area contributed by atoms with Crippen molar-refractivity contribution in [2.45, 2.75) is 44.8 Å². The van der Waals surface area contributed by atoms with E-state index in [9.17, 15) is 14.4 Å². The Morgan fingerprint density at radius 1 is 1.36 bits per heavy atom. The number of piperidine rings is 1. The molecule has 7 heteroatoms. The maximum atomic E-state index is 12.9. The second kappa shape index (κ2) is 7.23. The number of amides is 4. The highest BCUT2D eigenvalue weighted by Gasteiger charge is 2.31. The van der Waals surface area contributed by atoms with Crippen LogP contribution in [0.5, 0.6) is 0 Å². The summed E-state index contributed by atoms with van der Waals surface area (Å²) in [5, 5.41) is 2.50. The number of imide groups is 1. The fraction of sp³-hybridized carbons (Fsp3) is 0.500. The third-order valence-electron chi connectivity index (χ3n) is 4.87. The first-order valence-electron chi connectivity index (χ1n) is 8.71. The lowest BCUT2D eigenvalue weighted by molar-refractivity contribution is -0.125. The summed E-state index contributed by atoms with van der Waals surface area (Å²) in [6.45, 7) is 2.84. The molecule has 2 saturated heterocycles. The van der Waals surface area contributed by atoms with Crippen LogP contribution in [0, 0.1) is 0 Å². The van der Waals surface area contributed by atoms with Crippen molar-refractivity contribution < 1.29 is 14.4 Å². The quantitative estimate of drug-likeness (QED) is 0.799. The number of likely N-dealkylation sites (tertiary alicyclic amines) is 1. The maximum Gasteiger partial charge on any atom is 0.324 e. The maximum absolute atomic E-state index is 12.9. The van der Waals surface area contributed by atoms with Crippen molar-refractivity contribution in [2.75, 3.05) is 13.1 Å². The van der Waals surface area contributed by atoms with Gasteiger partial charge in [-0.15, -0.1) is 0 Å². The van der Waals surface area contributed by atoms with Crippen LogP contribution < -0.4 is 11.1 Å². The van der Waals surface area contributed by atoms with Gasteiger partial charge in [-0.1, -0.05) is 12.1 Å². The number of nitrogens with one attached hydrogen (secondary N) is 1. The third kappa shape index (κ3) is 3.66. The molecule has 2 heterocycles. The minimum absolute atomic E-state index is 0.0291. The van der Waals surface area contributed by atoms with Crippen molar-refractivity contribution in [3.05, 3.63) is 35.4 Å². The summed E-state index contributed by atoms with van der Waals surface area (Å²) in [7, 11) is 0. The van der Waals surface area contributed by atoms with Gasteiger partial charge in [0, 0.05) is 24.2 Å². The Kier molecular flexibility index (Phi) is 5.03.